The van der Waals surface area contributed by atoms with Crippen LogP contribution in [0.15, 0.2) is 64.3 Å². The number of nitrogens with zero attached hydrogens (tertiary/aromatic N) is 1. The molecule has 6 heteroatoms. The third-order valence-electron chi connectivity index (χ3n) is 3.66. The molecule has 1 heterocycles. The molecule has 0 bridgehead atoms. The molecule has 1 aromatic heterocycles. The number of H-pyrrole nitrogens is 1. The number of hydrogen-bond acceptors (Lipinski definition) is 3. The van der Waals surface area contributed by atoms with Gasteiger partial charge in [-0.15, -0.1) is 11.8 Å². The zero-order valence-electron chi connectivity index (χ0n) is 13.4. The molecule has 0 fully saturated rings. The minimum Gasteiger partial charge on any atom is -0.322 e. The Hall–Kier alpha value is -2.73. The summed E-state index contributed by atoms with van der Waals surface area (Å²) in [5.74, 6) is -0.416. The van der Waals surface area contributed by atoms with Gasteiger partial charge in [0.2, 0.25) is 0 Å². The van der Waals surface area contributed by atoms with Gasteiger partial charge >= 0.3 is 0 Å². The highest BCUT2D eigenvalue weighted by atomic mass is 32.2. The minimum absolute atomic E-state index is 0.118. The van der Waals surface area contributed by atoms with E-state index in [9.17, 15) is 9.59 Å². The number of thioether (sulfide) groups is 1. The smallest absolute Gasteiger partial charge is 0.284 e. The number of aryl methyl sites for hydroxylation is 1. The molecule has 0 unspecified atom stereocenters. The van der Waals surface area contributed by atoms with Crippen LogP contribution in [0.1, 0.15) is 16.1 Å². The van der Waals surface area contributed by atoms with Crippen molar-refractivity contribution in [1.82, 2.24) is 9.78 Å². The lowest BCUT2D eigenvalue weighted by Gasteiger charge is -2.04. The highest BCUT2D eigenvalue weighted by Gasteiger charge is 2.19. The second-order valence-corrected chi connectivity index (χ2v) is 6.15. The molecule has 0 spiro atoms. The van der Waals surface area contributed by atoms with Crippen LogP contribution in [-0.4, -0.2) is 21.9 Å². The van der Waals surface area contributed by atoms with Crippen molar-refractivity contribution in [2.45, 2.75) is 11.8 Å². The third-order valence-corrected chi connectivity index (χ3v) is 4.40. The first-order valence-electron chi connectivity index (χ1n) is 7.42. The Morgan fingerprint density at radius 2 is 1.75 bits per heavy atom. The number of aromatic nitrogens is 2. The number of benzene rings is 2. The molecule has 5 nitrogen and oxygen atoms in total. The first-order valence-corrected chi connectivity index (χ1v) is 8.65. The summed E-state index contributed by atoms with van der Waals surface area (Å²) in [6, 6.07) is 16.6. The molecule has 0 aliphatic carbocycles. The molecule has 2 N–H and O–H groups in total. The lowest BCUT2D eigenvalue weighted by Crippen LogP contribution is -2.24. The van der Waals surface area contributed by atoms with Gasteiger partial charge in [-0.25, -0.2) is 4.68 Å². The van der Waals surface area contributed by atoms with Crippen molar-refractivity contribution in [2.75, 3.05) is 11.6 Å². The first kappa shape index (κ1) is 16.1. The summed E-state index contributed by atoms with van der Waals surface area (Å²) in [6.45, 7) is 1.71. The average Bonchev–Trinajstić information content (AvgIpc) is 2.91. The molecule has 2 aromatic carbocycles. The quantitative estimate of drug-likeness (QED) is 0.716. The zero-order chi connectivity index (χ0) is 17.1. The Kier molecular flexibility index (Phi) is 4.57. The summed E-state index contributed by atoms with van der Waals surface area (Å²) < 4.78 is 1.38. The molecule has 0 aliphatic heterocycles. The minimum atomic E-state index is -0.416. The number of carbonyl (C=O) groups is 1. The Morgan fingerprint density at radius 3 is 2.38 bits per heavy atom. The van der Waals surface area contributed by atoms with Gasteiger partial charge in [-0.2, -0.15) is 0 Å². The molecular weight excluding hydrogens is 322 g/mol. The first-order chi connectivity index (χ1) is 11.6. The fourth-order valence-electron chi connectivity index (χ4n) is 2.44. The van der Waals surface area contributed by atoms with Crippen LogP contribution in [-0.2, 0) is 0 Å². The van der Waals surface area contributed by atoms with Crippen LogP contribution in [0.5, 0.6) is 0 Å². The summed E-state index contributed by atoms with van der Waals surface area (Å²) in [5.41, 5.74) is 1.63. The lowest BCUT2D eigenvalue weighted by atomic mass is 10.2. The van der Waals surface area contributed by atoms with E-state index < -0.39 is 5.91 Å². The Labute approximate surface area is 143 Å². The SMILES string of the molecule is CSc1ccc(NC(=O)c2c(C)[nH]n(-c3ccccc3)c2=O)cc1. The lowest BCUT2D eigenvalue weighted by molar-refractivity contribution is 0.102. The van der Waals surface area contributed by atoms with Crippen LogP contribution in [0, 0.1) is 6.92 Å². The maximum absolute atomic E-state index is 12.6. The van der Waals surface area contributed by atoms with Gasteiger partial charge in [0.1, 0.15) is 5.56 Å². The summed E-state index contributed by atoms with van der Waals surface area (Å²) in [5, 5.41) is 5.73. The van der Waals surface area contributed by atoms with Crippen LogP contribution in [0.4, 0.5) is 5.69 Å². The summed E-state index contributed by atoms with van der Waals surface area (Å²) in [6.07, 6.45) is 1.99. The molecule has 122 valence electrons. The Bertz CT molecular complexity index is 912. The number of carbonyl (C=O) groups excluding carboxylic acids is 1. The molecule has 0 aliphatic rings. The van der Waals surface area contributed by atoms with Crippen molar-refractivity contribution < 1.29 is 4.79 Å². The van der Waals surface area contributed by atoms with Crippen LogP contribution in [0.2, 0.25) is 0 Å². The predicted molar refractivity (Wildman–Crippen MR) is 97.3 cm³/mol. The van der Waals surface area contributed by atoms with E-state index in [1.54, 1.807) is 30.8 Å². The van der Waals surface area contributed by atoms with Crippen LogP contribution in [0.3, 0.4) is 0 Å². The molecule has 0 saturated carbocycles. The fourth-order valence-corrected chi connectivity index (χ4v) is 2.85. The number of para-hydroxylation sites is 1. The van der Waals surface area contributed by atoms with Gasteiger partial charge in [0, 0.05) is 16.3 Å². The van der Waals surface area contributed by atoms with Gasteiger partial charge in [-0.3, -0.25) is 14.7 Å². The van der Waals surface area contributed by atoms with E-state index in [1.165, 1.54) is 4.68 Å². The van der Waals surface area contributed by atoms with Gasteiger partial charge in [0.15, 0.2) is 0 Å². The molecule has 0 atom stereocenters. The third kappa shape index (κ3) is 3.14. The number of rotatable bonds is 4. The van der Waals surface area contributed by atoms with Crippen LogP contribution in [0.25, 0.3) is 5.69 Å². The maximum Gasteiger partial charge on any atom is 0.284 e. The monoisotopic (exact) mass is 339 g/mol. The molecular formula is C18H17N3O2S. The van der Waals surface area contributed by atoms with E-state index in [-0.39, 0.29) is 11.1 Å². The van der Waals surface area contributed by atoms with E-state index in [0.717, 1.165) is 4.90 Å². The van der Waals surface area contributed by atoms with Crippen LogP contribution < -0.4 is 10.9 Å². The Balaban J connectivity index is 1.90. The zero-order valence-corrected chi connectivity index (χ0v) is 14.2. The predicted octanol–water partition coefficient (Wildman–Crippen LogP) is 3.45. The van der Waals surface area contributed by atoms with Gasteiger partial charge in [0.05, 0.1) is 5.69 Å². The highest BCUT2D eigenvalue weighted by molar-refractivity contribution is 7.98. The summed E-state index contributed by atoms with van der Waals surface area (Å²) in [4.78, 5) is 26.2. The van der Waals surface area contributed by atoms with Gasteiger partial charge in [-0.05, 0) is 49.6 Å². The normalized spacial score (nSPS) is 10.6. The van der Waals surface area contributed by atoms with Crippen molar-refractivity contribution in [3.05, 3.63) is 76.2 Å². The second-order valence-electron chi connectivity index (χ2n) is 5.27. The van der Waals surface area contributed by atoms with Crippen molar-refractivity contribution in [2.24, 2.45) is 0 Å². The van der Waals surface area contributed by atoms with Gasteiger partial charge in [-0.1, -0.05) is 18.2 Å². The number of hydrogen-bond donors (Lipinski definition) is 2. The molecule has 3 rings (SSSR count). The molecule has 24 heavy (non-hydrogen) atoms. The van der Waals surface area contributed by atoms with Gasteiger partial charge < -0.3 is 5.32 Å². The van der Waals surface area contributed by atoms with E-state index in [4.69, 9.17) is 0 Å². The number of aromatic amines is 1. The largest absolute Gasteiger partial charge is 0.322 e. The molecule has 3 aromatic rings. The number of amides is 1. The Morgan fingerprint density at radius 1 is 1.08 bits per heavy atom. The van der Waals surface area contributed by atoms with Crippen molar-refractivity contribution in [3.8, 4) is 5.69 Å². The van der Waals surface area contributed by atoms with E-state index in [0.29, 0.717) is 17.1 Å². The number of nitrogens with one attached hydrogen (secondary N) is 2. The average molecular weight is 339 g/mol. The second kappa shape index (κ2) is 6.80. The standard InChI is InChI=1S/C18H17N3O2S/c1-12-16(17(22)19-13-8-10-15(24-2)11-9-13)18(23)21(20-12)14-6-4-3-5-7-14/h3-11,20H,1-2H3,(H,19,22). The highest BCUT2D eigenvalue weighted by Crippen LogP contribution is 2.18. The van der Waals surface area contributed by atoms with E-state index in [1.807, 2.05) is 48.7 Å². The molecule has 0 radical (unpaired) electrons. The summed E-state index contributed by atoms with van der Waals surface area (Å²) >= 11 is 1.63. The summed E-state index contributed by atoms with van der Waals surface area (Å²) in [7, 11) is 0. The van der Waals surface area contributed by atoms with Crippen molar-refractivity contribution in [1.29, 1.82) is 0 Å². The molecule has 0 saturated heterocycles. The maximum atomic E-state index is 12.6. The van der Waals surface area contributed by atoms with E-state index in [2.05, 4.69) is 10.4 Å². The molecule has 1 amide bonds. The number of anilines is 1. The van der Waals surface area contributed by atoms with E-state index >= 15 is 0 Å². The topological polar surface area (TPSA) is 66.9 Å². The fraction of sp³-hybridized carbons (Fsp3) is 0.111. The van der Waals surface area contributed by atoms with Crippen molar-refractivity contribution in [3.63, 3.8) is 0 Å². The van der Waals surface area contributed by atoms with Gasteiger partial charge in [0.25, 0.3) is 11.5 Å². The van der Waals surface area contributed by atoms with Crippen molar-refractivity contribution >= 4 is 23.4 Å². The van der Waals surface area contributed by atoms with Crippen LogP contribution >= 0.6 is 11.8 Å².